The van der Waals surface area contributed by atoms with Crippen LogP contribution in [-0.2, 0) is 6.54 Å². The van der Waals surface area contributed by atoms with Gasteiger partial charge in [0.25, 0.3) is 5.91 Å². The molecule has 1 heterocycles. The van der Waals surface area contributed by atoms with Gasteiger partial charge in [-0.2, -0.15) is 13.9 Å². The molecule has 1 aromatic heterocycles. The molecule has 0 atom stereocenters. The first-order valence-electron chi connectivity index (χ1n) is 8.09. The highest BCUT2D eigenvalue weighted by atomic mass is 19.3. The standard InChI is InChI=1S/C18H16F2N4O4/c1-27-15-11(6-4-7-12(15)25)16-22-14(23-24-16)9-21-17(26)10-5-2-3-8-13(10)28-18(19)20/h2-8,18,25H,9H2,1H3,(H,21,26)(H,22,23,24). The number of H-pyrrole nitrogens is 1. The Bertz CT molecular complexity index is 978. The number of aromatic hydroxyl groups is 1. The molecule has 0 aliphatic carbocycles. The minimum atomic E-state index is -3.04. The maximum absolute atomic E-state index is 12.5. The number of hydrogen-bond donors (Lipinski definition) is 3. The Morgan fingerprint density at radius 2 is 2.04 bits per heavy atom. The number of ether oxygens (including phenoxy) is 2. The van der Waals surface area contributed by atoms with Crippen LogP contribution in [0.15, 0.2) is 42.5 Å². The number of methoxy groups -OCH3 is 1. The number of benzene rings is 2. The largest absolute Gasteiger partial charge is 0.504 e. The highest BCUT2D eigenvalue weighted by Gasteiger charge is 2.17. The smallest absolute Gasteiger partial charge is 0.387 e. The molecule has 8 nitrogen and oxygen atoms in total. The Hall–Kier alpha value is -3.69. The summed E-state index contributed by atoms with van der Waals surface area (Å²) in [7, 11) is 1.41. The van der Waals surface area contributed by atoms with Crippen molar-refractivity contribution >= 4 is 5.91 Å². The Labute approximate surface area is 158 Å². The molecule has 3 aromatic rings. The summed E-state index contributed by atoms with van der Waals surface area (Å²) in [5.41, 5.74) is 0.434. The summed E-state index contributed by atoms with van der Waals surface area (Å²) in [5, 5.41) is 19.1. The lowest BCUT2D eigenvalue weighted by Gasteiger charge is -2.10. The number of carbonyl (C=O) groups is 1. The monoisotopic (exact) mass is 390 g/mol. The molecule has 0 unspecified atom stereocenters. The molecule has 0 fully saturated rings. The van der Waals surface area contributed by atoms with Crippen LogP contribution in [0.2, 0.25) is 0 Å². The molecule has 0 spiro atoms. The van der Waals surface area contributed by atoms with Crippen molar-refractivity contribution in [3.8, 4) is 28.6 Å². The average molecular weight is 390 g/mol. The normalized spacial score (nSPS) is 10.7. The van der Waals surface area contributed by atoms with E-state index in [0.717, 1.165) is 0 Å². The lowest BCUT2D eigenvalue weighted by Crippen LogP contribution is -2.24. The van der Waals surface area contributed by atoms with Crippen LogP contribution >= 0.6 is 0 Å². The fourth-order valence-electron chi connectivity index (χ4n) is 2.52. The molecule has 3 rings (SSSR count). The second-order valence-corrected chi connectivity index (χ2v) is 5.52. The number of phenols is 1. The molecule has 0 bridgehead atoms. The van der Waals surface area contributed by atoms with Crippen molar-refractivity contribution in [1.82, 2.24) is 20.5 Å². The molecule has 3 N–H and O–H groups in total. The number of rotatable bonds is 7. The van der Waals surface area contributed by atoms with E-state index in [1.165, 1.54) is 37.4 Å². The molecule has 0 aliphatic heterocycles. The molecule has 28 heavy (non-hydrogen) atoms. The molecule has 146 valence electrons. The number of alkyl halides is 2. The number of aromatic amines is 1. The number of aromatic nitrogens is 3. The number of halogens is 2. The van der Waals surface area contributed by atoms with Crippen LogP contribution < -0.4 is 14.8 Å². The minimum absolute atomic E-state index is 0.0304. The predicted octanol–water partition coefficient (Wildman–Crippen LogP) is 2.72. The van der Waals surface area contributed by atoms with E-state index in [9.17, 15) is 18.7 Å². The number of phenolic OH excluding ortho intramolecular Hbond substituents is 1. The Balaban J connectivity index is 1.72. The van der Waals surface area contributed by atoms with E-state index >= 15 is 0 Å². The van der Waals surface area contributed by atoms with E-state index in [4.69, 9.17) is 4.74 Å². The van der Waals surface area contributed by atoms with Gasteiger partial charge >= 0.3 is 6.61 Å². The summed E-state index contributed by atoms with van der Waals surface area (Å²) in [6.45, 7) is -3.07. The van der Waals surface area contributed by atoms with Crippen LogP contribution in [0, 0.1) is 0 Å². The summed E-state index contributed by atoms with van der Waals surface area (Å²) in [6.07, 6.45) is 0. The second kappa shape index (κ2) is 8.33. The predicted molar refractivity (Wildman–Crippen MR) is 94.3 cm³/mol. The quantitative estimate of drug-likeness (QED) is 0.572. The van der Waals surface area contributed by atoms with E-state index in [1.807, 2.05) is 0 Å². The number of nitrogens with one attached hydrogen (secondary N) is 2. The van der Waals surface area contributed by atoms with Crippen molar-refractivity contribution in [3.63, 3.8) is 0 Å². The summed E-state index contributed by atoms with van der Waals surface area (Å²) >= 11 is 0. The molecule has 1 amide bonds. The van der Waals surface area contributed by atoms with Crippen LogP contribution in [0.1, 0.15) is 16.2 Å². The van der Waals surface area contributed by atoms with E-state index in [0.29, 0.717) is 11.4 Å². The third-order valence-corrected chi connectivity index (χ3v) is 3.74. The average Bonchev–Trinajstić information content (AvgIpc) is 3.14. The van der Waals surface area contributed by atoms with E-state index in [2.05, 4.69) is 25.2 Å². The maximum Gasteiger partial charge on any atom is 0.387 e. The third-order valence-electron chi connectivity index (χ3n) is 3.74. The zero-order chi connectivity index (χ0) is 20.1. The number of para-hydroxylation sites is 2. The molecular formula is C18H16F2N4O4. The lowest BCUT2D eigenvalue weighted by atomic mass is 10.2. The van der Waals surface area contributed by atoms with Crippen molar-refractivity contribution in [2.24, 2.45) is 0 Å². The number of nitrogens with zero attached hydrogens (tertiary/aromatic N) is 2. The zero-order valence-electron chi connectivity index (χ0n) is 14.6. The fraction of sp³-hybridized carbons (Fsp3) is 0.167. The fourth-order valence-corrected chi connectivity index (χ4v) is 2.52. The number of amides is 1. The SMILES string of the molecule is COc1c(O)cccc1-c1n[nH]c(CNC(=O)c2ccccc2OC(F)F)n1. The summed E-state index contributed by atoms with van der Waals surface area (Å²) in [4.78, 5) is 16.5. The van der Waals surface area contributed by atoms with Gasteiger partial charge in [-0.05, 0) is 24.3 Å². The molecule has 0 aliphatic rings. The van der Waals surface area contributed by atoms with Gasteiger partial charge < -0.3 is 19.9 Å². The van der Waals surface area contributed by atoms with Crippen molar-refractivity contribution in [3.05, 3.63) is 53.9 Å². The van der Waals surface area contributed by atoms with Crippen molar-refractivity contribution < 1.29 is 28.2 Å². The van der Waals surface area contributed by atoms with Crippen LogP contribution in [0.4, 0.5) is 8.78 Å². The van der Waals surface area contributed by atoms with Crippen molar-refractivity contribution in [1.29, 1.82) is 0 Å². The summed E-state index contributed by atoms with van der Waals surface area (Å²) < 4.78 is 34.4. The number of hydrogen-bond acceptors (Lipinski definition) is 6. The lowest BCUT2D eigenvalue weighted by molar-refractivity contribution is -0.0501. The molecule has 0 saturated heterocycles. The van der Waals surface area contributed by atoms with Gasteiger partial charge in [-0.15, -0.1) is 0 Å². The third kappa shape index (κ3) is 4.17. The van der Waals surface area contributed by atoms with E-state index in [1.54, 1.807) is 12.1 Å². The second-order valence-electron chi connectivity index (χ2n) is 5.52. The van der Waals surface area contributed by atoms with Gasteiger partial charge in [0.2, 0.25) is 0 Å². The Morgan fingerprint density at radius 3 is 2.79 bits per heavy atom. The van der Waals surface area contributed by atoms with Crippen LogP contribution in [0.3, 0.4) is 0 Å². The van der Waals surface area contributed by atoms with Gasteiger partial charge in [0, 0.05) is 0 Å². The zero-order valence-corrected chi connectivity index (χ0v) is 14.6. The first-order chi connectivity index (χ1) is 13.5. The molecule has 0 radical (unpaired) electrons. The van der Waals surface area contributed by atoms with Crippen LogP contribution in [-0.4, -0.2) is 39.9 Å². The van der Waals surface area contributed by atoms with E-state index < -0.39 is 12.5 Å². The molecule has 2 aromatic carbocycles. The highest BCUT2D eigenvalue weighted by Crippen LogP contribution is 2.35. The topological polar surface area (TPSA) is 109 Å². The van der Waals surface area contributed by atoms with Crippen molar-refractivity contribution in [2.45, 2.75) is 13.2 Å². The molecule has 10 heteroatoms. The van der Waals surface area contributed by atoms with Crippen molar-refractivity contribution in [2.75, 3.05) is 7.11 Å². The van der Waals surface area contributed by atoms with Gasteiger partial charge in [0.1, 0.15) is 11.6 Å². The van der Waals surface area contributed by atoms with Gasteiger partial charge in [0.15, 0.2) is 17.3 Å². The Kier molecular flexibility index (Phi) is 5.68. The maximum atomic E-state index is 12.5. The summed E-state index contributed by atoms with van der Waals surface area (Å²) in [6, 6.07) is 10.4. The van der Waals surface area contributed by atoms with Crippen LogP contribution in [0.25, 0.3) is 11.4 Å². The van der Waals surface area contributed by atoms with Gasteiger partial charge in [-0.3, -0.25) is 9.89 Å². The summed E-state index contributed by atoms with van der Waals surface area (Å²) in [5.74, 6) is -0.0909. The minimum Gasteiger partial charge on any atom is -0.504 e. The van der Waals surface area contributed by atoms with Gasteiger partial charge in [-0.25, -0.2) is 4.98 Å². The van der Waals surface area contributed by atoms with Gasteiger partial charge in [-0.1, -0.05) is 18.2 Å². The number of carbonyl (C=O) groups excluding carboxylic acids is 1. The van der Waals surface area contributed by atoms with E-state index in [-0.39, 0.29) is 35.2 Å². The Morgan fingerprint density at radius 1 is 1.25 bits per heavy atom. The highest BCUT2D eigenvalue weighted by molar-refractivity contribution is 5.96. The van der Waals surface area contributed by atoms with Gasteiger partial charge in [0.05, 0.1) is 24.8 Å². The van der Waals surface area contributed by atoms with Crippen LogP contribution in [0.5, 0.6) is 17.2 Å². The molecular weight excluding hydrogens is 374 g/mol. The first kappa shape index (κ1) is 19.1. The first-order valence-corrected chi connectivity index (χ1v) is 8.09. The molecule has 0 saturated carbocycles.